The normalized spacial score (nSPS) is 10.7. The van der Waals surface area contributed by atoms with Gasteiger partial charge in [-0.05, 0) is 25.0 Å². The minimum absolute atomic E-state index is 0.828. The van der Waals surface area contributed by atoms with Crippen molar-refractivity contribution in [2.75, 3.05) is 11.9 Å². The average molecular weight is 193 g/mol. The van der Waals surface area contributed by atoms with Crippen LogP contribution in [0.1, 0.15) is 24.5 Å². The Morgan fingerprint density at radius 2 is 2.43 bits per heavy atom. The van der Waals surface area contributed by atoms with Crippen molar-refractivity contribution in [2.24, 2.45) is 5.16 Å². The summed E-state index contributed by atoms with van der Waals surface area (Å²) in [5.41, 5.74) is 1.87. The van der Waals surface area contributed by atoms with E-state index in [0.717, 1.165) is 29.9 Å². The summed E-state index contributed by atoms with van der Waals surface area (Å²) in [5, 5.41) is 14.5. The molecule has 0 saturated heterocycles. The molecule has 0 aliphatic carbocycles. The first-order valence-electron chi connectivity index (χ1n) is 4.66. The van der Waals surface area contributed by atoms with Crippen LogP contribution in [0.15, 0.2) is 17.4 Å². The molecule has 0 aliphatic rings. The van der Waals surface area contributed by atoms with Gasteiger partial charge in [0.1, 0.15) is 5.82 Å². The van der Waals surface area contributed by atoms with E-state index in [0.29, 0.717) is 0 Å². The summed E-state index contributed by atoms with van der Waals surface area (Å²) < 4.78 is 0. The topological polar surface area (TPSA) is 57.5 Å². The highest BCUT2D eigenvalue weighted by atomic mass is 16.4. The van der Waals surface area contributed by atoms with E-state index in [9.17, 15) is 0 Å². The predicted octanol–water partition coefficient (Wildman–Crippen LogP) is 2.02. The van der Waals surface area contributed by atoms with Crippen LogP contribution >= 0.6 is 0 Å². The molecule has 4 heteroatoms. The van der Waals surface area contributed by atoms with Gasteiger partial charge < -0.3 is 10.5 Å². The number of hydrogen-bond acceptors (Lipinski definition) is 4. The quantitative estimate of drug-likeness (QED) is 0.437. The van der Waals surface area contributed by atoms with Gasteiger partial charge in [-0.1, -0.05) is 12.1 Å². The Morgan fingerprint density at radius 3 is 3.00 bits per heavy atom. The molecule has 1 aromatic rings. The van der Waals surface area contributed by atoms with Gasteiger partial charge in [0.25, 0.3) is 0 Å². The Hall–Kier alpha value is -1.58. The van der Waals surface area contributed by atoms with Gasteiger partial charge in [0.15, 0.2) is 0 Å². The molecule has 1 rings (SSSR count). The van der Waals surface area contributed by atoms with Crippen molar-refractivity contribution in [3.05, 3.63) is 23.4 Å². The second kappa shape index (κ2) is 5.21. The van der Waals surface area contributed by atoms with E-state index in [1.165, 1.54) is 6.21 Å². The van der Waals surface area contributed by atoms with Gasteiger partial charge in [-0.25, -0.2) is 4.98 Å². The molecule has 0 bridgehead atoms. The van der Waals surface area contributed by atoms with Crippen LogP contribution < -0.4 is 5.32 Å². The molecular weight excluding hydrogens is 178 g/mol. The first kappa shape index (κ1) is 10.5. The van der Waals surface area contributed by atoms with Crippen LogP contribution in [0, 0.1) is 6.92 Å². The number of nitrogens with one attached hydrogen (secondary N) is 1. The van der Waals surface area contributed by atoms with Crippen LogP contribution in [0.4, 0.5) is 5.82 Å². The van der Waals surface area contributed by atoms with Crippen LogP contribution in [0.25, 0.3) is 0 Å². The number of rotatable bonds is 4. The second-order valence-electron chi connectivity index (χ2n) is 3.10. The van der Waals surface area contributed by atoms with Crippen molar-refractivity contribution in [3.8, 4) is 0 Å². The summed E-state index contributed by atoms with van der Waals surface area (Å²) in [6, 6.07) is 1.94. The van der Waals surface area contributed by atoms with Crippen LogP contribution in [-0.4, -0.2) is 23.0 Å². The molecule has 14 heavy (non-hydrogen) atoms. The van der Waals surface area contributed by atoms with Crippen molar-refractivity contribution in [1.29, 1.82) is 0 Å². The maximum Gasteiger partial charge on any atom is 0.126 e. The Bertz CT molecular complexity index is 323. The number of aromatic nitrogens is 1. The third-order valence-corrected chi connectivity index (χ3v) is 1.90. The fourth-order valence-corrected chi connectivity index (χ4v) is 1.11. The molecule has 76 valence electrons. The maximum absolute atomic E-state index is 8.38. The lowest BCUT2D eigenvalue weighted by Crippen LogP contribution is -2.03. The van der Waals surface area contributed by atoms with Crippen molar-refractivity contribution >= 4 is 12.0 Å². The van der Waals surface area contributed by atoms with Crippen LogP contribution in [0.3, 0.4) is 0 Å². The highest BCUT2D eigenvalue weighted by Gasteiger charge is 1.98. The van der Waals surface area contributed by atoms with E-state index in [1.807, 2.05) is 13.0 Å². The minimum Gasteiger partial charge on any atom is -0.411 e. The van der Waals surface area contributed by atoms with Gasteiger partial charge in [0.2, 0.25) is 0 Å². The molecule has 0 atom stereocenters. The fraction of sp³-hybridized carbons (Fsp3) is 0.400. The lowest BCUT2D eigenvalue weighted by atomic mass is 10.2. The number of hydrogen-bond donors (Lipinski definition) is 2. The molecule has 0 aliphatic heterocycles. The highest BCUT2D eigenvalue weighted by molar-refractivity contribution is 5.81. The first-order valence-corrected chi connectivity index (χ1v) is 4.66. The SMILES string of the molecule is CCCNc1cc(C)c(/C=N\O)cn1. The summed E-state index contributed by atoms with van der Waals surface area (Å²) in [6.45, 7) is 4.97. The summed E-state index contributed by atoms with van der Waals surface area (Å²) >= 11 is 0. The van der Waals surface area contributed by atoms with Crippen molar-refractivity contribution in [3.63, 3.8) is 0 Å². The molecule has 0 fully saturated rings. The smallest absolute Gasteiger partial charge is 0.126 e. The Kier molecular flexibility index (Phi) is 3.91. The molecule has 2 N–H and O–H groups in total. The van der Waals surface area contributed by atoms with Crippen molar-refractivity contribution in [1.82, 2.24) is 4.98 Å². The maximum atomic E-state index is 8.38. The molecule has 0 aromatic carbocycles. The van der Waals surface area contributed by atoms with Crippen LogP contribution in [0.2, 0.25) is 0 Å². The molecule has 1 heterocycles. The largest absolute Gasteiger partial charge is 0.411 e. The number of nitrogens with zero attached hydrogens (tertiary/aromatic N) is 2. The van der Waals surface area contributed by atoms with E-state index in [2.05, 4.69) is 22.4 Å². The zero-order valence-electron chi connectivity index (χ0n) is 8.49. The standard InChI is InChI=1S/C10H15N3O/c1-3-4-11-10-5-8(2)9(6-12-10)7-13-14/h5-7,14H,3-4H2,1-2H3,(H,11,12)/b13-7-. The number of aryl methyl sites for hydroxylation is 1. The average Bonchev–Trinajstić information content (AvgIpc) is 2.19. The summed E-state index contributed by atoms with van der Waals surface area (Å²) in [4.78, 5) is 4.18. The Morgan fingerprint density at radius 1 is 1.64 bits per heavy atom. The molecule has 0 spiro atoms. The number of oxime groups is 1. The third-order valence-electron chi connectivity index (χ3n) is 1.90. The Labute approximate surface area is 83.7 Å². The monoisotopic (exact) mass is 193 g/mol. The van der Waals surface area contributed by atoms with Gasteiger partial charge in [0.05, 0.1) is 6.21 Å². The summed E-state index contributed by atoms with van der Waals surface area (Å²) in [7, 11) is 0. The summed E-state index contributed by atoms with van der Waals surface area (Å²) in [6.07, 6.45) is 4.14. The van der Waals surface area contributed by atoms with E-state index in [1.54, 1.807) is 6.20 Å². The third kappa shape index (κ3) is 2.73. The van der Waals surface area contributed by atoms with Gasteiger partial charge >= 0.3 is 0 Å². The van der Waals surface area contributed by atoms with Crippen molar-refractivity contribution < 1.29 is 5.21 Å². The highest BCUT2D eigenvalue weighted by Crippen LogP contribution is 2.09. The fourth-order valence-electron chi connectivity index (χ4n) is 1.11. The molecule has 4 nitrogen and oxygen atoms in total. The van der Waals surface area contributed by atoms with Crippen LogP contribution in [-0.2, 0) is 0 Å². The van der Waals surface area contributed by atoms with Gasteiger partial charge in [0, 0.05) is 18.3 Å². The van der Waals surface area contributed by atoms with Gasteiger partial charge in [-0.15, -0.1) is 0 Å². The molecule has 0 amide bonds. The van der Waals surface area contributed by atoms with Crippen LogP contribution in [0.5, 0.6) is 0 Å². The second-order valence-corrected chi connectivity index (χ2v) is 3.10. The predicted molar refractivity (Wildman–Crippen MR) is 57.1 cm³/mol. The number of pyridine rings is 1. The molecule has 1 aromatic heterocycles. The van der Waals surface area contributed by atoms with E-state index in [-0.39, 0.29) is 0 Å². The Balaban J connectivity index is 2.78. The van der Waals surface area contributed by atoms with E-state index >= 15 is 0 Å². The first-order chi connectivity index (χ1) is 6.77. The lowest BCUT2D eigenvalue weighted by molar-refractivity contribution is 0.322. The molecule has 0 saturated carbocycles. The number of anilines is 1. The lowest BCUT2D eigenvalue weighted by Gasteiger charge is -2.05. The minimum atomic E-state index is 0.828. The van der Waals surface area contributed by atoms with Gasteiger partial charge in [-0.2, -0.15) is 0 Å². The van der Waals surface area contributed by atoms with Gasteiger partial charge in [-0.3, -0.25) is 0 Å². The molecule has 0 radical (unpaired) electrons. The molecular formula is C10H15N3O. The van der Waals surface area contributed by atoms with E-state index < -0.39 is 0 Å². The molecule has 0 unspecified atom stereocenters. The van der Waals surface area contributed by atoms with Crippen molar-refractivity contribution in [2.45, 2.75) is 20.3 Å². The summed E-state index contributed by atoms with van der Waals surface area (Å²) in [5.74, 6) is 0.861. The zero-order chi connectivity index (χ0) is 10.4. The zero-order valence-corrected chi connectivity index (χ0v) is 8.49. The van der Waals surface area contributed by atoms with E-state index in [4.69, 9.17) is 5.21 Å².